The zero-order chi connectivity index (χ0) is 19.0. The number of benzene rings is 1. The summed E-state index contributed by atoms with van der Waals surface area (Å²) in [5.41, 5.74) is 1.30. The zero-order valence-corrected chi connectivity index (χ0v) is 15.5. The minimum Gasteiger partial charge on any atom is -0.355 e. The Morgan fingerprint density at radius 2 is 1.81 bits per heavy atom. The Labute approximate surface area is 153 Å². The fourth-order valence-corrected chi connectivity index (χ4v) is 3.04. The van der Waals surface area contributed by atoms with Crippen LogP contribution in [0.2, 0.25) is 0 Å². The van der Waals surface area contributed by atoms with Crippen molar-refractivity contribution in [1.82, 2.24) is 20.0 Å². The van der Waals surface area contributed by atoms with Gasteiger partial charge in [-0.3, -0.25) is 14.8 Å². The van der Waals surface area contributed by atoms with Crippen LogP contribution >= 0.6 is 0 Å². The van der Waals surface area contributed by atoms with Crippen LogP contribution in [0.25, 0.3) is 0 Å². The summed E-state index contributed by atoms with van der Waals surface area (Å²) in [7, 11) is 3.18. The number of likely N-dealkylation sites (N-methyl/N-ethyl adjacent to an activating group) is 1. The summed E-state index contributed by atoms with van der Waals surface area (Å²) in [4.78, 5) is 10.1. The van der Waals surface area contributed by atoms with Gasteiger partial charge in [0.15, 0.2) is 5.96 Å². The molecular weight excluding hydrogens is 343 g/mol. The molecule has 0 bridgehead atoms. The molecule has 0 saturated carbocycles. The largest absolute Gasteiger partial charge is 0.401 e. The molecule has 1 aromatic carbocycles. The molecule has 0 radical (unpaired) electrons. The molecule has 0 unspecified atom stereocenters. The van der Waals surface area contributed by atoms with Gasteiger partial charge in [0, 0.05) is 52.9 Å². The monoisotopic (exact) mass is 371 g/mol. The molecule has 0 aromatic heterocycles. The number of nitrogens with zero attached hydrogens (tertiary/aromatic N) is 4. The number of halogens is 3. The molecular formula is C18H28F3N5. The lowest BCUT2D eigenvalue weighted by molar-refractivity contribution is -0.142. The molecule has 1 aliphatic rings. The van der Waals surface area contributed by atoms with Crippen molar-refractivity contribution in [2.45, 2.75) is 12.7 Å². The van der Waals surface area contributed by atoms with Gasteiger partial charge in [-0.1, -0.05) is 30.3 Å². The average molecular weight is 371 g/mol. The number of hydrogen-bond donors (Lipinski definition) is 1. The van der Waals surface area contributed by atoms with Crippen LogP contribution in [-0.4, -0.2) is 86.7 Å². The molecule has 0 amide bonds. The Kier molecular flexibility index (Phi) is 7.71. The molecule has 26 heavy (non-hydrogen) atoms. The SMILES string of the molecule is CN=C(NCCN(C)CC(F)(F)F)N1CCN(Cc2ccccc2)CC1. The van der Waals surface area contributed by atoms with Gasteiger partial charge < -0.3 is 10.2 Å². The van der Waals surface area contributed by atoms with Crippen LogP contribution < -0.4 is 5.32 Å². The molecule has 1 aliphatic heterocycles. The maximum absolute atomic E-state index is 12.3. The predicted molar refractivity (Wildman–Crippen MR) is 98.2 cm³/mol. The van der Waals surface area contributed by atoms with Gasteiger partial charge >= 0.3 is 6.18 Å². The van der Waals surface area contributed by atoms with Gasteiger partial charge in [-0.05, 0) is 12.6 Å². The zero-order valence-electron chi connectivity index (χ0n) is 15.5. The molecule has 0 aliphatic carbocycles. The van der Waals surface area contributed by atoms with Crippen LogP contribution in [0.1, 0.15) is 5.56 Å². The van der Waals surface area contributed by atoms with E-state index in [0.29, 0.717) is 13.1 Å². The highest BCUT2D eigenvalue weighted by Gasteiger charge is 2.29. The van der Waals surface area contributed by atoms with E-state index in [2.05, 4.69) is 32.2 Å². The lowest BCUT2D eigenvalue weighted by atomic mass is 10.2. The third-order valence-corrected chi connectivity index (χ3v) is 4.36. The number of guanidine groups is 1. The molecule has 1 N–H and O–H groups in total. The first kappa shape index (κ1) is 20.5. The normalized spacial score (nSPS) is 17.0. The molecule has 8 heteroatoms. The van der Waals surface area contributed by atoms with Crippen molar-refractivity contribution in [3.63, 3.8) is 0 Å². The topological polar surface area (TPSA) is 34.1 Å². The second kappa shape index (κ2) is 9.78. The highest BCUT2D eigenvalue weighted by atomic mass is 19.4. The second-order valence-electron chi connectivity index (χ2n) is 6.58. The second-order valence-corrected chi connectivity index (χ2v) is 6.58. The van der Waals surface area contributed by atoms with E-state index in [1.54, 1.807) is 7.05 Å². The molecule has 0 spiro atoms. The number of hydrogen-bond acceptors (Lipinski definition) is 3. The minimum atomic E-state index is -4.16. The number of aliphatic imine (C=N–C) groups is 1. The third-order valence-electron chi connectivity index (χ3n) is 4.36. The summed E-state index contributed by atoms with van der Waals surface area (Å²) in [6.45, 7) is 4.35. The molecule has 1 saturated heterocycles. The van der Waals surface area contributed by atoms with Crippen molar-refractivity contribution in [1.29, 1.82) is 0 Å². The molecule has 1 heterocycles. The summed E-state index contributed by atoms with van der Waals surface area (Å²) in [6, 6.07) is 10.4. The summed E-state index contributed by atoms with van der Waals surface area (Å²) in [5.74, 6) is 0.754. The fraction of sp³-hybridized carbons (Fsp3) is 0.611. The van der Waals surface area contributed by atoms with E-state index in [4.69, 9.17) is 0 Å². The van der Waals surface area contributed by atoms with Crippen molar-refractivity contribution >= 4 is 5.96 Å². The highest BCUT2D eigenvalue weighted by molar-refractivity contribution is 5.80. The number of nitrogens with one attached hydrogen (secondary N) is 1. The number of piperazine rings is 1. The first-order valence-corrected chi connectivity index (χ1v) is 8.84. The maximum atomic E-state index is 12.3. The smallest absolute Gasteiger partial charge is 0.355 e. The summed E-state index contributed by atoms with van der Waals surface area (Å²) >= 11 is 0. The third kappa shape index (κ3) is 7.21. The van der Waals surface area contributed by atoms with Crippen LogP contribution in [-0.2, 0) is 6.54 Å². The van der Waals surface area contributed by atoms with Gasteiger partial charge in [0.25, 0.3) is 0 Å². The lowest BCUT2D eigenvalue weighted by Gasteiger charge is -2.36. The van der Waals surface area contributed by atoms with E-state index in [1.165, 1.54) is 17.5 Å². The first-order chi connectivity index (χ1) is 12.4. The predicted octanol–water partition coefficient (Wildman–Crippen LogP) is 1.87. The molecule has 1 fully saturated rings. The van der Waals surface area contributed by atoms with Gasteiger partial charge in [0.05, 0.1) is 6.54 Å². The summed E-state index contributed by atoms with van der Waals surface area (Å²) < 4.78 is 37.0. The van der Waals surface area contributed by atoms with Crippen molar-refractivity contribution in [2.24, 2.45) is 4.99 Å². The maximum Gasteiger partial charge on any atom is 0.401 e. The van der Waals surface area contributed by atoms with E-state index in [1.807, 2.05) is 18.2 Å². The van der Waals surface area contributed by atoms with Crippen molar-refractivity contribution in [2.75, 3.05) is 59.9 Å². The van der Waals surface area contributed by atoms with Crippen LogP contribution in [0.4, 0.5) is 13.2 Å². The van der Waals surface area contributed by atoms with Gasteiger partial charge in [0.1, 0.15) is 0 Å². The Hall–Kier alpha value is -1.80. The van der Waals surface area contributed by atoms with E-state index in [9.17, 15) is 13.2 Å². The Morgan fingerprint density at radius 1 is 1.15 bits per heavy atom. The standard InChI is InChI=1S/C18H28F3N5/c1-22-17(23-8-9-24(2)15-18(19,20)21)26-12-10-25(11-13-26)14-16-6-4-3-5-7-16/h3-7H,8-15H2,1-2H3,(H,22,23). The van der Waals surface area contributed by atoms with Gasteiger partial charge in [0.2, 0.25) is 0 Å². The molecule has 0 atom stereocenters. The van der Waals surface area contributed by atoms with Crippen molar-refractivity contribution in [3.8, 4) is 0 Å². The van der Waals surface area contributed by atoms with E-state index in [-0.39, 0.29) is 0 Å². The fourth-order valence-electron chi connectivity index (χ4n) is 3.04. The van der Waals surface area contributed by atoms with Crippen molar-refractivity contribution < 1.29 is 13.2 Å². The molecule has 146 valence electrons. The number of alkyl halides is 3. The molecule has 2 rings (SSSR count). The van der Waals surface area contributed by atoms with Crippen LogP contribution in [0.15, 0.2) is 35.3 Å². The van der Waals surface area contributed by atoms with Crippen LogP contribution in [0, 0.1) is 0 Å². The van der Waals surface area contributed by atoms with Crippen molar-refractivity contribution in [3.05, 3.63) is 35.9 Å². The van der Waals surface area contributed by atoms with Crippen LogP contribution in [0.3, 0.4) is 0 Å². The van der Waals surface area contributed by atoms with Gasteiger partial charge in [-0.15, -0.1) is 0 Å². The number of rotatable bonds is 6. The minimum absolute atomic E-state index is 0.312. The lowest BCUT2D eigenvalue weighted by Crippen LogP contribution is -2.53. The first-order valence-electron chi connectivity index (χ1n) is 8.84. The van der Waals surface area contributed by atoms with E-state index in [0.717, 1.165) is 38.7 Å². The highest BCUT2D eigenvalue weighted by Crippen LogP contribution is 2.15. The Bertz CT molecular complexity index is 554. The Morgan fingerprint density at radius 3 is 2.38 bits per heavy atom. The molecule has 5 nitrogen and oxygen atoms in total. The van der Waals surface area contributed by atoms with E-state index >= 15 is 0 Å². The van der Waals surface area contributed by atoms with E-state index < -0.39 is 12.7 Å². The van der Waals surface area contributed by atoms with Gasteiger partial charge in [-0.2, -0.15) is 13.2 Å². The summed E-state index contributed by atoms with van der Waals surface area (Å²) in [5, 5.41) is 3.17. The molecule has 1 aromatic rings. The van der Waals surface area contributed by atoms with Crippen LogP contribution in [0.5, 0.6) is 0 Å². The quantitative estimate of drug-likeness (QED) is 0.612. The summed E-state index contributed by atoms with van der Waals surface area (Å²) in [6.07, 6.45) is -4.16. The Balaban J connectivity index is 1.71. The van der Waals surface area contributed by atoms with Gasteiger partial charge in [-0.25, -0.2) is 0 Å². The average Bonchev–Trinajstić information content (AvgIpc) is 2.59.